The van der Waals surface area contributed by atoms with Crippen LogP contribution in [0.5, 0.6) is 0 Å². The fourth-order valence-electron chi connectivity index (χ4n) is 2.82. The van der Waals surface area contributed by atoms with E-state index >= 15 is 0 Å². The Morgan fingerprint density at radius 3 is 2.25 bits per heavy atom. The summed E-state index contributed by atoms with van der Waals surface area (Å²) in [5.74, 6) is 0.407. The van der Waals surface area contributed by atoms with Crippen molar-refractivity contribution in [2.75, 3.05) is 11.9 Å². The van der Waals surface area contributed by atoms with Gasteiger partial charge in [-0.15, -0.1) is 0 Å². The molecule has 0 atom stereocenters. The molecule has 0 aromatic rings. The average Bonchev–Trinajstić information content (AvgIpc) is 2.40. The number of unbranched alkanes of at least 4 members (excludes halogenated alkanes) is 6. The van der Waals surface area contributed by atoms with E-state index in [1.807, 2.05) is 0 Å². The molecule has 1 saturated carbocycles. The van der Waals surface area contributed by atoms with E-state index in [4.69, 9.17) is 0 Å². The Morgan fingerprint density at radius 2 is 1.70 bits per heavy atom. The van der Waals surface area contributed by atoms with Crippen LogP contribution >= 0.6 is 15.9 Å². The number of carbonyl (C=O) groups excluding carboxylic acids is 1. The quantitative estimate of drug-likeness (QED) is 0.347. The van der Waals surface area contributed by atoms with Crippen LogP contribution in [-0.4, -0.2) is 28.7 Å². The van der Waals surface area contributed by atoms with E-state index in [2.05, 4.69) is 27.8 Å². The van der Waals surface area contributed by atoms with Crippen molar-refractivity contribution in [1.29, 1.82) is 0 Å². The second-order valence-corrected chi connectivity index (χ2v) is 6.88. The minimum Gasteiger partial charge on any atom is -0.340 e. The topological polar surface area (TPSA) is 20.3 Å². The van der Waals surface area contributed by atoms with Crippen molar-refractivity contribution in [3.05, 3.63) is 0 Å². The lowest BCUT2D eigenvalue weighted by molar-refractivity contribution is -0.135. The molecule has 0 bridgehead atoms. The van der Waals surface area contributed by atoms with Gasteiger partial charge in [-0.25, -0.2) is 0 Å². The Hall–Kier alpha value is -0.0500. The van der Waals surface area contributed by atoms with Crippen LogP contribution in [0.3, 0.4) is 0 Å². The third-order valence-corrected chi connectivity index (χ3v) is 4.92. The highest BCUT2D eigenvalue weighted by molar-refractivity contribution is 9.09. The largest absolute Gasteiger partial charge is 0.340 e. The maximum Gasteiger partial charge on any atom is 0.222 e. The van der Waals surface area contributed by atoms with Gasteiger partial charge >= 0.3 is 0 Å². The van der Waals surface area contributed by atoms with E-state index in [0.717, 1.165) is 31.1 Å². The Balaban J connectivity index is 2.11. The monoisotopic (exact) mass is 345 g/mol. The number of halogens is 1. The maximum atomic E-state index is 12.3. The molecule has 0 aliphatic heterocycles. The Kier molecular flexibility index (Phi) is 10.4. The molecule has 0 saturated heterocycles. The summed E-state index contributed by atoms with van der Waals surface area (Å²) < 4.78 is 0. The normalized spacial score (nSPS) is 15.1. The number of carbonyl (C=O) groups is 1. The predicted octanol–water partition coefficient (Wildman–Crippen LogP) is 5.29. The second kappa shape index (κ2) is 11.6. The predicted molar refractivity (Wildman–Crippen MR) is 90.4 cm³/mol. The van der Waals surface area contributed by atoms with Gasteiger partial charge in [0.2, 0.25) is 5.91 Å². The highest BCUT2D eigenvalue weighted by atomic mass is 79.9. The van der Waals surface area contributed by atoms with E-state index in [1.165, 1.54) is 57.8 Å². The number of nitrogens with zero attached hydrogens (tertiary/aromatic N) is 1. The highest BCUT2D eigenvalue weighted by Gasteiger charge is 2.27. The lowest BCUT2D eigenvalue weighted by Crippen LogP contribution is -2.44. The molecular weight excluding hydrogens is 314 g/mol. The van der Waals surface area contributed by atoms with Crippen LogP contribution in [0.15, 0.2) is 0 Å². The summed E-state index contributed by atoms with van der Waals surface area (Å²) in [7, 11) is 0. The Bertz CT molecular complexity index is 253. The minimum absolute atomic E-state index is 0.407. The summed E-state index contributed by atoms with van der Waals surface area (Å²) in [5, 5.41) is 1.00. The molecule has 3 heteroatoms. The number of hydrogen-bond acceptors (Lipinski definition) is 1. The number of amides is 1. The highest BCUT2D eigenvalue weighted by Crippen LogP contribution is 2.26. The number of hydrogen-bond donors (Lipinski definition) is 0. The maximum absolute atomic E-state index is 12.3. The fourth-order valence-corrected chi connectivity index (χ4v) is 3.07. The van der Waals surface area contributed by atoms with Gasteiger partial charge in [0.15, 0.2) is 0 Å². The molecule has 0 aromatic carbocycles. The van der Waals surface area contributed by atoms with Crippen LogP contribution in [0.25, 0.3) is 0 Å². The van der Waals surface area contributed by atoms with E-state index in [0.29, 0.717) is 11.9 Å². The molecule has 0 radical (unpaired) electrons. The first-order valence-corrected chi connectivity index (χ1v) is 9.77. The number of alkyl halides is 1. The van der Waals surface area contributed by atoms with Crippen molar-refractivity contribution in [2.45, 2.75) is 90.0 Å². The summed E-state index contributed by atoms with van der Waals surface area (Å²) in [5.41, 5.74) is 0. The van der Waals surface area contributed by atoms with Gasteiger partial charge in [0, 0.05) is 24.3 Å². The van der Waals surface area contributed by atoms with Crippen LogP contribution in [0.4, 0.5) is 0 Å². The first-order chi connectivity index (χ1) is 9.79. The van der Waals surface area contributed by atoms with E-state index in [9.17, 15) is 4.79 Å². The molecule has 1 fully saturated rings. The molecule has 1 amide bonds. The van der Waals surface area contributed by atoms with Crippen LogP contribution < -0.4 is 0 Å². The van der Waals surface area contributed by atoms with E-state index in [1.54, 1.807) is 0 Å². The molecule has 1 rings (SSSR count). The molecule has 0 unspecified atom stereocenters. The van der Waals surface area contributed by atoms with Crippen molar-refractivity contribution in [1.82, 2.24) is 4.90 Å². The first-order valence-electron chi connectivity index (χ1n) is 8.65. The SMILES string of the molecule is CCCCCCCCCC(=O)N(CCCBr)C1CCC1. The molecule has 0 N–H and O–H groups in total. The van der Waals surface area contributed by atoms with Crippen LogP contribution in [0.2, 0.25) is 0 Å². The van der Waals surface area contributed by atoms with Gasteiger partial charge in [-0.05, 0) is 32.1 Å². The Labute approximate surface area is 133 Å². The van der Waals surface area contributed by atoms with Crippen LogP contribution in [0.1, 0.15) is 84.0 Å². The zero-order chi connectivity index (χ0) is 14.6. The van der Waals surface area contributed by atoms with Crippen molar-refractivity contribution in [2.24, 2.45) is 0 Å². The molecule has 0 spiro atoms. The molecule has 20 heavy (non-hydrogen) atoms. The molecule has 1 aliphatic rings. The summed E-state index contributed by atoms with van der Waals surface area (Å²) in [6, 6.07) is 0.561. The van der Waals surface area contributed by atoms with Crippen molar-refractivity contribution < 1.29 is 4.79 Å². The van der Waals surface area contributed by atoms with Crippen LogP contribution in [0, 0.1) is 0 Å². The van der Waals surface area contributed by atoms with Crippen molar-refractivity contribution >= 4 is 21.8 Å². The lowest BCUT2D eigenvalue weighted by Gasteiger charge is -2.37. The zero-order valence-corrected chi connectivity index (χ0v) is 14.8. The van der Waals surface area contributed by atoms with Gasteiger partial charge in [-0.2, -0.15) is 0 Å². The third kappa shape index (κ3) is 7.10. The van der Waals surface area contributed by atoms with Gasteiger partial charge in [-0.1, -0.05) is 61.4 Å². The second-order valence-electron chi connectivity index (χ2n) is 6.09. The van der Waals surface area contributed by atoms with Gasteiger partial charge in [0.1, 0.15) is 0 Å². The first kappa shape index (κ1) is 18.0. The minimum atomic E-state index is 0.407. The van der Waals surface area contributed by atoms with Gasteiger partial charge in [-0.3, -0.25) is 4.79 Å². The van der Waals surface area contributed by atoms with Crippen molar-refractivity contribution in [3.8, 4) is 0 Å². The number of rotatable bonds is 12. The summed E-state index contributed by atoms with van der Waals surface area (Å²) in [4.78, 5) is 14.5. The van der Waals surface area contributed by atoms with E-state index < -0.39 is 0 Å². The molecule has 1 aliphatic carbocycles. The lowest BCUT2D eigenvalue weighted by atomic mass is 9.91. The summed E-state index contributed by atoms with van der Waals surface area (Å²) >= 11 is 3.47. The molecule has 0 aromatic heterocycles. The van der Waals surface area contributed by atoms with Gasteiger partial charge in [0.25, 0.3) is 0 Å². The molecular formula is C17H32BrNO. The Morgan fingerprint density at radius 1 is 1.05 bits per heavy atom. The average molecular weight is 346 g/mol. The smallest absolute Gasteiger partial charge is 0.222 e. The molecule has 2 nitrogen and oxygen atoms in total. The summed E-state index contributed by atoms with van der Waals surface area (Å²) in [6.45, 7) is 3.20. The van der Waals surface area contributed by atoms with E-state index in [-0.39, 0.29) is 0 Å². The van der Waals surface area contributed by atoms with Gasteiger partial charge < -0.3 is 4.90 Å². The summed E-state index contributed by atoms with van der Waals surface area (Å²) in [6.07, 6.45) is 14.6. The molecule has 118 valence electrons. The van der Waals surface area contributed by atoms with Crippen molar-refractivity contribution in [3.63, 3.8) is 0 Å². The van der Waals surface area contributed by atoms with Crippen LogP contribution in [-0.2, 0) is 4.79 Å². The third-order valence-electron chi connectivity index (χ3n) is 4.36. The fraction of sp³-hybridized carbons (Fsp3) is 0.941. The van der Waals surface area contributed by atoms with Gasteiger partial charge in [0.05, 0.1) is 0 Å². The zero-order valence-electron chi connectivity index (χ0n) is 13.2. The standard InChI is InChI=1S/C17H32BrNO/c1-2-3-4-5-6-7-8-13-17(20)19(15-10-14-18)16-11-9-12-16/h16H,2-15H2,1H3. The molecule has 0 heterocycles.